The summed E-state index contributed by atoms with van der Waals surface area (Å²) < 4.78 is 27.6. The topological polar surface area (TPSA) is 101 Å². The zero-order chi connectivity index (χ0) is 22.1. The Bertz CT molecular complexity index is 1160. The molecule has 0 amide bonds. The lowest BCUT2D eigenvalue weighted by Gasteiger charge is -2.15. The van der Waals surface area contributed by atoms with Gasteiger partial charge < -0.3 is 21.7 Å². The number of nitrogens with one attached hydrogen (secondary N) is 3. The van der Waals surface area contributed by atoms with Crippen LogP contribution in [0.5, 0.6) is 0 Å². The van der Waals surface area contributed by atoms with Crippen LogP contribution < -0.4 is 27.1 Å². The van der Waals surface area contributed by atoms with Crippen molar-refractivity contribution >= 4 is 22.8 Å². The summed E-state index contributed by atoms with van der Waals surface area (Å²) in [4.78, 5) is 4.38. The van der Waals surface area contributed by atoms with E-state index in [1.54, 1.807) is 6.07 Å². The molecule has 4 rings (SSSR count). The smallest absolute Gasteiger partial charge is 0.225 e. The molecule has 0 saturated heterocycles. The lowest BCUT2D eigenvalue weighted by molar-refractivity contribution is -0.115. The summed E-state index contributed by atoms with van der Waals surface area (Å²) in [5.74, 6) is -1.34. The zero-order valence-electron chi connectivity index (χ0n) is 17.4. The molecule has 1 aliphatic rings. The highest BCUT2D eigenvalue weighted by atomic mass is 19.1. The molecule has 1 aliphatic heterocycles. The number of hydrogen-bond donors (Lipinski definition) is 5. The van der Waals surface area contributed by atoms with E-state index in [9.17, 15) is 8.78 Å². The van der Waals surface area contributed by atoms with E-state index in [1.807, 2.05) is 24.5 Å². The van der Waals surface area contributed by atoms with E-state index in [4.69, 9.17) is 11.1 Å². The highest BCUT2D eigenvalue weighted by molar-refractivity contribution is 6.09. The SMILES string of the molecule is CCNCc1cncc(-c2ccc(N)c(C(=[NH2+])C3Nc4cc(F)cc(F)c4N3)c2)c1C. The minimum Gasteiger partial charge on any atom is -0.398 e. The minimum atomic E-state index is -0.682. The molecular formula is C23H25F2N6+. The van der Waals surface area contributed by atoms with Crippen LogP contribution in [0.2, 0.25) is 0 Å². The highest BCUT2D eigenvalue weighted by Crippen LogP contribution is 2.34. The summed E-state index contributed by atoms with van der Waals surface area (Å²) in [5, 5.41) is 15.7. The fraction of sp³-hybridized carbons (Fsp3) is 0.217. The summed E-state index contributed by atoms with van der Waals surface area (Å²) in [6, 6.07) is 7.66. The predicted molar refractivity (Wildman–Crippen MR) is 120 cm³/mol. The Morgan fingerprint density at radius 2 is 2.00 bits per heavy atom. The van der Waals surface area contributed by atoms with Crippen molar-refractivity contribution in [3.05, 3.63) is 71.1 Å². The van der Waals surface area contributed by atoms with E-state index in [1.165, 1.54) is 6.07 Å². The molecule has 0 fully saturated rings. The molecule has 8 heteroatoms. The number of pyridine rings is 1. The standard InChI is InChI=1S/C23H24F2N6/c1-3-28-9-14-10-29-11-17(12(14)2)13-4-5-19(26)16(6-13)21(27)23-30-20-8-15(24)7-18(25)22(20)31-23/h4-8,10-11,23,27-28,30-31H,3,9,26H2,1-2H3/p+1. The van der Waals surface area contributed by atoms with Gasteiger partial charge in [0.1, 0.15) is 5.82 Å². The fourth-order valence-corrected chi connectivity index (χ4v) is 3.75. The number of nitrogens with two attached hydrogens (primary N) is 2. The molecule has 3 aromatic rings. The van der Waals surface area contributed by atoms with Crippen LogP contribution in [0, 0.1) is 18.6 Å². The normalized spacial score (nSPS) is 14.6. The Morgan fingerprint density at radius 1 is 1.19 bits per heavy atom. The number of nitrogen functional groups attached to an aromatic ring is 1. The summed E-state index contributed by atoms with van der Waals surface area (Å²) in [6.07, 6.45) is 3.05. The van der Waals surface area contributed by atoms with E-state index >= 15 is 0 Å². The monoisotopic (exact) mass is 423 g/mol. The largest absolute Gasteiger partial charge is 0.398 e. The summed E-state index contributed by atoms with van der Waals surface area (Å²) in [5.41, 5.74) is 12.3. The van der Waals surface area contributed by atoms with Gasteiger partial charge in [-0.05, 0) is 48.4 Å². The second kappa shape index (κ2) is 8.31. The molecule has 1 atom stereocenters. The average molecular weight is 423 g/mol. The van der Waals surface area contributed by atoms with Crippen molar-refractivity contribution in [3.63, 3.8) is 0 Å². The second-order valence-corrected chi connectivity index (χ2v) is 7.54. The number of benzene rings is 2. The molecule has 0 saturated carbocycles. The summed E-state index contributed by atoms with van der Waals surface area (Å²) >= 11 is 0. The molecule has 1 aromatic heterocycles. The lowest BCUT2D eigenvalue weighted by Crippen LogP contribution is -2.52. The molecule has 0 radical (unpaired) electrons. The van der Waals surface area contributed by atoms with E-state index in [0.29, 0.717) is 22.6 Å². The van der Waals surface area contributed by atoms with Gasteiger partial charge in [-0.2, -0.15) is 0 Å². The molecule has 31 heavy (non-hydrogen) atoms. The number of aromatic nitrogens is 1. The summed E-state index contributed by atoms with van der Waals surface area (Å²) in [6.45, 7) is 5.72. The Labute approximate surface area is 179 Å². The van der Waals surface area contributed by atoms with Gasteiger partial charge in [0.05, 0.1) is 16.9 Å². The van der Waals surface area contributed by atoms with Crippen LogP contribution in [-0.2, 0) is 6.54 Å². The summed E-state index contributed by atoms with van der Waals surface area (Å²) in [7, 11) is 0. The molecular weight excluding hydrogens is 398 g/mol. The van der Waals surface area contributed by atoms with Gasteiger partial charge in [0, 0.05) is 36.3 Å². The maximum atomic E-state index is 14.1. The molecule has 1 unspecified atom stereocenters. The van der Waals surface area contributed by atoms with E-state index in [-0.39, 0.29) is 5.69 Å². The van der Waals surface area contributed by atoms with Gasteiger partial charge in [0.15, 0.2) is 12.0 Å². The highest BCUT2D eigenvalue weighted by Gasteiger charge is 2.31. The van der Waals surface area contributed by atoms with Crippen LogP contribution in [-0.4, -0.2) is 23.4 Å². The first-order chi connectivity index (χ1) is 14.9. The van der Waals surface area contributed by atoms with Gasteiger partial charge in [-0.25, -0.2) is 8.78 Å². The molecule has 6 nitrogen and oxygen atoms in total. The predicted octanol–water partition coefficient (Wildman–Crippen LogP) is 2.44. The van der Waals surface area contributed by atoms with Crippen molar-refractivity contribution in [2.75, 3.05) is 22.9 Å². The molecule has 2 heterocycles. The number of rotatable bonds is 6. The molecule has 2 aromatic carbocycles. The third kappa shape index (κ3) is 3.94. The van der Waals surface area contributed by atoms with Gasteiger partial charge in [-0.1, -0.05) is 13.0 Å². The van der Waals surface area contributed by atoms with Crippen LogP contribution in [0.25, 0.3) is 11.1 Å². The lowest BCUT2D eigenvalue weighted by atomic mass is 9.95. The maximum absolute atomic E-state index is 14.1. The van der Waals surface area contributed by atoms with Crippen molar-refractivity contribution in [1.82, 2.24) is 10.3 Å². The molecule has 0 bridgehead atoms. The Balaban J connectivity index is 1.65. The van der Waals surface area contributed by atoms with Crippen LogP contribution in [0.4, 0.5) is 25.8 Å². The molecule has 7 N–H and O–H groups in total. The number of fused-ring (bicyclic) bond motifs is 1. The number of hydrogen-bond acceptors (Lipinski definition) is 5. The molecule has 0 aliphatic carbocycles. The van der Waals surface area contributed by atoms with Gasteiger partial charge in [-0.15, -0.1) is 0 Å². The van der Waals surface area contributed by atoms with Gasteiger partial charge in [0.25, 0.3) is 0 Å². The van der Waals surface area contributed by atoms with Gasteiger partial charge in [-0.3, -0.25) is 10.4 Å². The van der Waals surface area contributed by atoms with Crippen molar-refractivity contribution < 1.29 is 14.2 Å². The third-order valence-electron chi connectivity index (χ3n) is 5.51. The van der Waals surface area contributed by atoms with Crippen LogP contribution >= 0.6 is 0 Å². The fourth-order valence-electron chi connectivity index (χ4n) is 3.75. The Kier molecular flexibility index (Phi) is 5.56. The van der Waals surface area contributed by atoms with E-state index < -0.39 is 17.8 Å². The van der Waals surface area contributed by atoms with Crippen LogP contribution in [0.1, 0.15) is 23.6 Å². The van der Waals surface area contributed by atoms with E-state index in [0.717, 1.165) is 41.4 Å². The maximum Gasteiger partial charge on any atom is 0.225 e. The van der Waals surface area contributed by atoms with Crippen molar-refractivity contribution in [2.24, 2.45) is 0 Å². The first-order valence-corrected chi connectivity index (χ1v) is 10.1. The Hall–Kier alpha value is -3.52. The van der Waals surface area contributed by atoms with Crippen LogP contribution in [0.15, 0.2) is 42.7 Å². The van der Waals surface area contributed by atoms with Gasteiger partial charge >= 0.3 is 0 Å². The third-order valence-corrected chi connectivity index (χ3v) is 5.51. The minimum absolute atomic E-state index is 0.181. The van der Waals surface area contributed by atoms with Crippen molar-refractivity contribution in [1.29, 1.82) is 0 Å². The quantitative estimate of drug-likeness (QED) is 0.310. The van der Waals surface area contributed by atoms with Crippen molar-refractivity contribution in [3.8, 4) is 11.1 Å². The van der Waals surface area contributed by atoms with E-state index in [2.05, 4.69) is 34.8 Å². The Morgan fingerprint density at radius 3 is 2.77 bits per heavy atom. The van der Waals surface area contributed by atoms with Gasteiger partial charge in [0.2, 0.25) is 5.71 Å². The number of nitrogens with zero attached hydrogens (tertiary/aromatic N) is 1. The molecule has 0 spiro atoms. The average Bonchev–Trinajstić information content (AvgIpc) is 3.17. The molecule has 160 valence electrons. The zero-order valence-corrected chi connectivity index (χ0v) is 17.4. The second-order valence-electron chi connectivity index (χ2n) is 7.54. The number of anilines is 3. The number of halogens is 2. The first-order valence-electron chi connectivity index (χ1n) is 10.1. The van der Waals surface area contributed by atoms with Crippen LogP contribution in [0.3, 0.4) is 0 Å². The first kappa shape index (κ1) is 20.7. The van der Waals surface area contributed by atoms with Crippen molar-refractivity contribution in [2.45, 2.75) is 26.6 Å².